The van der Waals surface area contributed by atoms with Gasteiger partial charge in [0.2, 0.25) is 5.91 Å². The Balaban J connectivity index is 1.47. The van der Waals surface area contributed by atoms with Crippen molar-refractivity contribution >= 4 is 11.7 Å². The molecule has 0 fully saturated rings. The summed E-state index contributed by atoms with van der Waals surface area (Å²) in [5.41, 5.74) is 3.70. The third-order valence-electron chi connectivity index (χ3n) is 5.90. The molecule has 0 radical (unpaired) electrons. The molecule has 0 aliphatic carbocycles. The standard InChI is InChI=1S/C28H26N6O2/c1-19(21-10-8-20(16-29)9-11-21)17-31-27(22-6-4-3-5-7-22)28(36)32-25-14-12-23(18-30-25)24-13-15-26(35)34(2)33-24/h3-15,18-19,27,31H,17H2,1-2H3,(H,30,32,36). The van der Waals surface area contributed by atoms with Crippen molar-refractivity contribution < 1.29 is 4.79 Å². The fraction of sp³-hybridized carbons (Fsp3) is 0.179. The van der Waals surface area contributed by atoms with Gasteiger partial charge in [-0.2, -0.15) is 10.4 Å². The van der Waals surface area contributed by atoms with Crippen molar-refractivity contribution in [3.05, 3.63) is 112 Å². The number of benzene rings is 2. The lowest BCUT2D eigenvalue weighted by atomic mass is 9.98. The first-order valence-electron chi connectivity index (χ1n) is 11.5. The number of carbonyl (C=O) groups excluding carboxylic acids is 1. The monoisotopic (exact) mass is 478 g/mol. The summed E-state index contributed by atoms with van der Waals surface area (Å²) in [5, 5.41) is 19.5. The van der Waals surface area contributed by atoms with E-state index in [2.05, 4.69) is 33.7 Å². The molecule has 1 amide bonds. The van der Waals surface area contributed by atoms with Crippen LogP contribution in [0.15, 0.2) is 89.9 Å². The smallest absolute Gasteiger partial charge is 0.266 e. The fourth-order valence-electron chi connectivity index (χ4n) is 3.78. The first-order valence-corrected chi connectivity index (χ1v) is 11.5. The molecule has 2 N–H and O–H groups in total. The highest BCUT2D eigenvalue weighted by Crippen LogP contribution is 2.21. The number of nitrogens with zero attached hydrogens (tertiary/aromatic N) is 4. The molecule has 180 valence electrons. The minimum absolute atomic E-state index is 0.128. The number of nitriles is 1. The molecule has 4 rings (SSSR count). The van der Waals surface area contributed by atoms with E-state index in [9.17, 15) is 9.59 Å². The van der Waals surface area contributed by atoms with E-state index in [0.717, 1.165) is 16.7 Å². The summed E-state index contributed by atoms with van der Waals surface area (Å²) < 4.78 is 1.26. The van der Waals surface area contributed by atoms with Gasteiger partial charge in [-0.05, 0) is 47.4 Å². The Morgan fingerprint density at radius 1 is 1.00 bits per heavy atom. The Morgan fingerprint density at radius 2 is 1.75 bits per heavy atom. The summed E-state index contributed by atoms with van der Waals surface area (Å²) in [6, 6.07) is 25.1. The number of anilines is 1. The van der Waals surface area contributed by atoms with Crippen LogP contribution in [0.3, 0.4) is 0 Å². The average Bonchev–Trinajstić information content (AvgIpc) is 2.91. The van der Waals surface area contributed by atoms with Crippen molar-refractivity contribution in [2.75, 3.05) is 11.9 Å². The zero-order chi connectivity index (χ0) is 25.5. The quantitative estimate of drug-likeness (QED) is 0.398. The van der Waals surface area contributed by atoms with Crippen molar-refractivity contribution in [2.24, 2.45) is 7.05 Å². The summed E-state index contributed by atoms with van der Waals surface area (Å²) in [6.45, 7) is 2.63. The summed E-state index contributed by atoms with van der Waals surface area (Å²) >= 11 is 0. The molecule has 0 saturated heterocycles. The summed E-state index contributed by atoms with van der Waals surface area (Å²) in [5.74, 6) is 0.314. The number of rotatable bonds is 8. The van der Waals surface area contributed by atoms with Crippen molar-refractivity contribution in [3.8, 4) is 17.3 Å². The van der Waals surface area contributed by atoms with Crippen LogP contribution in [0.4, 0.5) is 5.82 Å². The fourth-order valence-corrected chi connectivity index (χ4v) is 3.78. The van der Waals surface area contributed by atoms with E-state index < -0.39 is 6.04 Å². The molecule has 2 aromatic carbocycles. The van der Waals surface area contributed by atoms with Crippen LogP contribution < -0.4 is 16.2 Å². The molecule has 8 heteroatoms. The molecule has 0 spiro atoms. The number of carbonyl (C=O) groups is 1. The van der Waals surface area contributed by atoms with Gasteiger partial charge >= 0.3 is 0 Å². The summed E-state index contributed by atoms with van der Waals surface area (Å²) in [4.78, 5) is 29.2. The number of hydrogen-bond donors (Lipinski definition) is 2. The van der Waals surface area contributed by atoms with E-state index in [4.69, 9.17) is 5.26 Å². The van der Waals surface area contributed by atoms with Gasteiger partial charge in [0.15, 0.2) is 0 Å². The Morgan fingerprint density at radius 3 is 2.39 bits per heavy atom. The number of aryl methyl sites for hydroxylation is 1. The highest BCUT2D eigenvalue weighted by atomic mass is 16.2. The van der Waals surface area contributed by atoms with Crippen molar-refractivity contribution in [3.63, 3.8) is 0 Å². The lowest BCUT2D eigenvalue weighted by Crippen LogP contribution is -2.35. The van der Waals surface area contributed by atoms with Crippen LogP contribution in [0.1, 0.15) is 35.6 Å². The van der Waals surface area contributed by atoms with Crippen molar-refractivity contribution in [1.29, 1.82) is 5.26 Å². The minimum atomic E-state index is -0.584. The molecule has 0 aliphatic rings. The lowest BCUT2D eigenvalue weighted by Gasteiger charge is -2.21. The van der Waals surface area contributed by atoms with E-state index in [1.54, 1.807) is 43.6 Å². The highest BCUT2D eigenvalue weighted by molar-refractivity contribution is 5.94. The predicted octanol–water partition coefficient (Wildman–Crippen LogP) is 3.79. The van der Waals surface area contributed by atoms with Crippen molar-refractivity contribution in [1.82, 2.24) is 20.1 Å². The number of hydrogen-bond acceptors (Lipinski definition) is 6. The minimum Gasteiger partial charge on any atom is -0.309 e. The Labute approximate surface area is 209 Å². The van der Waals surface area contributed by atoms with E-state index in [-0.39, 0.29) is 17.4 Å². The normalized spacial score (nSPS) is 12.4. The Bertz CT molecular complexity index is 1420. The van der Waals surface area contributed by atoms with Crippen LogP contribution in [-0.2, 0) is 11.8 Å². The van der Waals surface area contributed by atoms with Gasteiger partial charge in [-0.1, -0.05) is 49.4 Å². The number of nitrogens with one attached hydrogen (secondary N) is 2. The van der Waals surface area contributed by atoms with Gasteiger partial charge in [0.25, 0.3) is 5.56 Å². The second-order valence-electron chi connectivity index (χ2n) is 8.49. The SMILES string of the molecule is CC(CNC(C(=O)Nc1ccc(-c2ccc(=O)n(C)n2)cn1)c1ccccc1)c1ccc(C#N)cc1. The number of amides is 1. The van der Waals surface area contributed by atoms with E-state index in [1.807, 2.05) is 42.5 Å². The van der Waals surface area contributed by atoms with Gasteiger partial charge in [-0.3, -0.25) is 9.59 Å². The van der Waals surface area contributed by atoms with Crippen LogP contribution in [0.2, 0.25) is 0 Å². The molecule has 0 aliphatic heterocycles. The van der Waals surface area contributed by atoms with E-state index in [1.165, 1.54) is 10.7 Å². The molecular formula is C28H26N6O2. The van der Waals surface area contributed by atoms with Crippen LogP contribution in [-0.4, -0.2) is 27.2 Å². The molecule has 4 aromatic rings. The third-order valence-corrected chi connectivity index (χ3v) is 5.90. The number of pyridine rings is 1. The average molecular weight is 479 g/mol. The predicted molar refractivity (Wildman–Crippen MR) is 138 cm³/mol. The molecule has 36 heavy (non-hydrogen) atoms. The number of aromatic nitrogens is 3. The van der Waals surface area contributed by atoms with Crippen LogP contribution in [0.25, 0.3) is 11.3 Å². The summed E-state index contributed by atoms with van der Waals surface area (Å²) in [7, 11) is 1.59. The largest absolute Gasteiger partial charge is 0.309 e. The zero-order valence-electron chi connectivity index (χ0n) is 20.1. The third kappa shape index (κ3) is 5.90. The molecule has 0 saturated carbocycles. The molecule has 2 unspecified atom stereocenters. The first-order chi connectivity index (χ1) is 17.4. The molecule has 2 heterocycles. The van der Waals surface area contributed by atoms with Gasteiger partial charge in [-0.15, -0.1) is 0 Å². The Hall–Kier alpha value is -4.61. The van der Waals surface area contributed by atoms with Gasteiger partial charge in [-0.25, -0.2) is 9.67 Å². The van der Waals surface area contributed by atoms with Gasteiger partial charge in [0, 0.05) is 31.4 Å². The molecular weight excluding hydrogens is 452 g/mol. The lowest BCUT2D eigenvalue weighted by molar-refractivity contribution is -0.118. The maximum atomic E-state index is 13.3. The molecule has 8 nitrogen and oxygen atoms in total. The second-order valence-corrected chi connectivity index (χ2v) is 8.49. The van der Waals surface area contributed by atoms with Crippen molar-refractivity contribution in [2.45, 2.75) is 18.9 Å². The van der Waals surface area contributed by atoms with Gasteiger partial charge in [0.1, 0.15) is 11.9 Å². The van der Waals surface area contributed by atoms with E-state index >= 15 is 0 Å². The highest BCUT2D eigenvalue weighted by Gasteiger charge is 2.22. The zero-order valence-corrected chi connectivity index (χ0v) is 20.1. The van der Waals surface area contributed by atoms with E-state index in [0.29, 0.717) is 23.6 Å². The first kappa shape index (κ1) is 24.5. The van der Waals surface area contributed by atoms with Crippen LogP contribution in [0, 0.1) is 11.3 Å². The van der Waals surface area contributed by atoms with Crippen LogP contribution >= 0.6 is 0 Å². The summed E-state index contributed by atoms with van der Waals surface area (Å²) in [6.07, 6.45) is 1.61. The van der Waals surface area contributed by atoms with Gasteiger partial charge in [0.05, 0.1) is 17.3 Å². The molecule has 0 bridgehead atoms. The van der Waals surface area contributed by atoms with Crippen LogP contribution in [0.5, 0.6) is 0 Å². The van der Waals surface area contributed by atoms with Gasteiger partial charge < -0.3 is 10.6 Å². The Kier molecular flexibility index (Phi) is 7.63. The maximum Gasteiger partial charge on any atom is 0.266 e. The molecule has 2 atom stereocenters. The maximum absolute atomic E-state index is 13.3. The second kappa shape index (κ2) is 11.2. The topological polar surface area (TPSA) is 113 Å². The molecule has 2 aromatic heterocycles.